The number of nitrogens with zero attached hydrogens (tertiary/aromatic N) is 1. The predicted molar refractivity (Wildman–Crippen MR) is 48.1 cm³/mol. The van der Waals surface area contributed by atoms with E-state index in [9.17, 15) is 0 Å². The van der Waals surface area contributed by atoms with Crippen molar-refractivity contribution in [1.29, 1.82) is 0 Å². The van der Waals surface area contributed by atoms with Crippen molar-refractivity contribution in [2.75, 3.05) is 18.0 Å². The molecule has 0 unspecified atom stereocenters. The van der Waals surface area contributed by atoms with Crippen LogP contribution in [0.15, 0.2) is 18.2 Å². The van der Waals surface area contributed by atoms with Crippen LogP contribution < -0.4 is 4.90 Å². The molecule has 1 aromatic carbocycles. The Morgan fingerprint density at radius 3 is 2.45 bits per heavy atom. The summed E-state index contributed by atoms with van der Waals surface area (Å²) in [6.45, 7) is 6.80. The molecule has 58 valence electrons. The van der Waals surface area contributed by atoms with Gasteiger partial charge in [-0.1, -0.05) is 17.7 Å². The van der Waals surface area contributed by atoms with Gasteiger partial charge in [0.15, 0.2) is 0 Å². The second-order valence-corrected chi connectivity index (χ2v) is 3.28. The Labute approximate surface area is 67.6 Å². The van der Waals surface area contributed by atoms with Gasteiger partial charge in [0.2, 0.25) is 0 Å². The molecule has 1 fully saturated rings. The van der Waals surface area contributed by atoms with Crippen molar-refractivity contribution in [1.82, 2.24) is 0 Å². The molecule has 1 heterocycles. The van der Waals surface area contributed by atoms with Crippen LogP contribution >= 0.6 is 0 Å². The van der Waals surface area contributed by atoms with Gasteiger partial charge in [-0.25, -0.2) is 0 Å². The third-order valence-electron chi connectivity index (χ3n) is 2.14. The molecule has 0 bridgehead atoms. The maximum atomic E-state index is 2.38. The molecule has 1 nitrogen and oxygen atoms in total. The Kier molecular flexibility index (Phi) is 1.38. The number of benzene rings is 1. The minimum atomic E-state index is 1.24. The first-order valence-corrected chi connectivity index (χ1v) is 4.09. The summed E-state index contributed by atoms with van der Waals surface area (Å²) < 4.78 is 0. The van der Waals surface area contributed by atoms with E-state index in [0.717, 1.165) is 0 Å². The summed E-state index contributed by atoms with van der Waals surface area (Å²) in [5.41, 5.74) is 4.17. The lowest BCUT2D eigenvalue weighted by atomic mass is 10.1. The highest BCUT2D eigenvalue weighted by Crippen LogP contribution is 2.25. The van der Waals surface area contributed by atoms with Gasteiger partial charge in [-0.05, 0) is 25.5 Å². The van der Waals surface area contributed by atoms with Crippen LogP contribution in [-0.2, 0) is 0 Å². The maximum absolute atomic E-state index is 2.38. The molecule has 1 aliphatic heterocycles. The molecule has 1 heteroatoms. The zero-order chi connectivity index (χ0) is 7.84. The third kappa shape index (κ3) is 1.23. The zero-order valence-corrected chi connectivity index (χ0v) is 7.09. The first-order valence-electron chi connectivity index (χ1n) is 4.09. The van der Waals surface area contributed by atoms with E-state index in [0.29, 0.717) is 0 Å². The summed E-state index contributed by atoms with van der Waals surface area (Å²) in [6, 6.07) is 6.64. The molecule has 0 atom stereocenters. The predicted octanol–water partition coefficient (Wildman–Crippen LogP) is 2.12. The molecule has 11 heavy (non-hydrogen) atoms. The van der Waals surface area contributed by atoms with E-state index in [1.165, 1.54) is 29.9 Å². The molecule has 1 aromatic rings. The van der Waals surface area contributed by atoms with Crippen LogP contribution in [0.5, 0.6) is 0 Å². The first-order chi connectivity index (χ1) is 5.27. The molecule has 0 radical (unpaired) electrons. The molecule has 0 aromatic heterocycles. The normalized spacial score (nSPS) is 15.3. The van der Waals surface area contributed by atoms with Crippen molar-refractivity contribution in [3.8, 4) is 0 Å². The lowest BCUT2D eigenvalue weighted by Gasteiger charge is -2.06. The third-order valence-corrected chi connectivity index (χ3v) is 2.14. The maximum Gasteiger partial charge on any atom is 0.0397 e. The van der Waals surface area contributed by atoms with E-state index in [1.807, 2.05) is 0 Å². The van der Waals surface area contributed by atoms with Crippen LogP contribution in [0.3, 0.4) is 0 Å². The van der Waals surface area contributed by atoms with Crippen molar-refractivity contribution in [2.45, 2.75) is 13.8 Å². The highest BCUT2D eigenvalue weighted by molar-refractivity contribution is 5.57. The minimum absolute atomic E-state index is 1.24. The molecule has 0 spiro atoms. The monoisotopic (exact) mass is 147 g/mol. The van der Waals surface area contributed by atoms with Crippen LogP contribution in [0.2, 0.25) is 0 Å². The summed E-state index contributed by atoms with van der Waals surface area (Å²) in [5.74, 6) is 0. The van der Waals surface area contributed by atoms with Gasteiger partial charge in [-0.3, -0.25) is 0 Å². The summed E-state index contributed by atoms with van der Waals surface area (Å²) >= 11 is 0. The van der Waals surface area contributed by atoms with Crippen molar-refractivity contribution in [3.63, 3.8) is 0 Å². The molecule has 1 aliphatic rings. The molecule has 0 N–H and O–H groups in total. The number of aryl methyl sites for hydroxylation is 2. The Morgan fingerprint density at radius 2 is 1.91 bits per heavy atom. The SMILES string of the molecule is Cc1ccc(N2CC2)c(C)c1. The van der Waals surface area contributed by atoms with Crippen LogP contribution in [0, 0.1) is 13.8 Å². The summed E-state index contributed by atoms with van der Waals surface area (Å²) in [7, 11) is 0. The minimum Gasteiger partial charge on any atom is -0.368 e. The van der Waals surface area contributed by atoms with Gasteiger partial charge in [0, 0.05) is 18.8 Å². The second-order valence-electron chi connectivity index (χ2n) is 3.28. The lowest BCUT2D eigenvalue weighted by Crippen LogP contribution is -1.93. The van der Waals surface area contributed by atoms with Crippen LogP contribution in [0.25, 0.3) is 0 Å². The zero-order valence-electron chi connectivity index (χ0n) is 7.09. The van der Waals surface area contributed by atoms with Crippen LogP contribution in [0.1, 0.15) is 11.1 Å². The molecule has 0 amide bonds. The number of hydrogen-bond donors (Lipinski definition) is 0. The number of hydrogen-bond acceptors (Lipinski definition) is 1. The van der Waals surface area contributed by atoms with Gasteiger partial charge in [0.25, 0.3) is 0 Å². The summed E-state index contributed by atoms with van der Waals surface area (Å²) in [5, 5.41) is 0. The van der Waals surface area contributed by atoms with Gasteiger partial charge in [0.05, 0.1) is 0 Å². The number of rotatable bonds is 1. The van der Waals surface area contributed by atoms with Gasteiger partial charge in [-0.15, -0.1) is 0 Å². The fourth-order valence-electron chi connectivity index (χ4n) is 1.45. The van der Waals surface area contributed by atoms with Crippen molar-refractivity contribution < 1.29 is 0 Å². The Hall–Kier alpha value is -0.980. The average Bonchev–Trinajstić information content (AvgIpc) is 2.70. The summed E-state index contributed by atoms with van der Waals surface area (Å²) in [4.78, 5) is 2.38. The number of anilines is 1. The molecule has 0 aliphatic carbocycles. The topological polar surface area (TPSA) is 3.01 Å². The van der Waals surface area contributed by atoms with Crippen molar-refractivity contribution >= 4 is 5.69 Å². The van der Waals surface area contributed by atoms with E-state index in [2.05, 4.69) is 36.9 Å². The molecule has 2 rings (SSSR count). The largest absolute Gasteiger partial charge is 0.368 e. The van der Waals surface area contributed by atoms with Gasteiger partial charge in [0.1, 0.15) is 0 Å². The molecular formula is C10H13N. The highest BCUT2D eigenvalue weighted by Gasteiger charge is 2.18. The van der Waals surface area contributed by atoms with Gasteiger partial charge in [-0.2, -0.15) is 0 Å². The standard InChI is InChI=1S/C10H13N/c1-8-3-4-10(9(2)7-8)11-5-6-11/h3-4,7H,5-6H2,1-2H3. The Balaban J connectivity index is 2.39. The first kappa shape index (κ1) is 6.71. The molecule has 1 saturated heterocycles. The van der Waals surface area contributed by atoms with E-state index >= 15 is 0 Å². The Bertz CT molecular complexity index is 274. The fourth-order valence-corrected chi connectivity index (χ4v) is 1.45. The van der Waals surface area contributed by atoms with E-state index in [4.69, 9.17) is 0 Å². The van der Waals surface area contributed by atoms with E-state index in [-0.39, 0.29) is 0 Å². The van der Waals surface area contributed by atoms with Crippen LogP contribution in [0.4, 0.5) is 5.69 Å². The Morgan fingerprint density at radius 1 is 1.18 bits per heavy atom. The van der Waals surface area contributed by atoms with Crippen molar-refractivity contribution in [3.05, 3.63) is 29.3 Å². The van der Waals surface area contributed by atoms with E-state index in [1.54, 1.807) is 0 Å². The quantitative estimate of drug-likeness (QED) is 0.550. The van der Waals surface area contributed by atoms with E-state index < -0.39 is 0 Å². The van der Waals surface area contributed by atoms with Gasteiger partial charge < -0.3 is 4.90 Å². The fraction of sp³-hybridized carbons (Fsp3) is 0.400. The summed E-state index contributed by atoms with van der Waals surface area (Å²) in [6.07, 6.45) is 0. The lowest BCUT2D eigenvalue weighted by molar-refractivity contribution is 1.30. The van der Waals surface area contributed by atoms with Gasteiger partial charge >= 0.3 is 0 Å². The molecule has 0 saturated carbocycles. The van der Waals surface area contributed by atoms with Crippen molar-refractivity contribution in [2.24, 2.45) is 0 Å². The smallest absolute Gasteiger partial charge is 0.0397 e. The second kappa shape index (κ2) is 2.26. The van der Waals surface area contributed by atoms with Crippen LogP contribution in [-0.4, -0.2) is 13.1 Å². The highest BCUT2D eigenvalue weighted by atomic mass is 15.3. The molecular weight excluding hydrogens is 134 g/mol. The average molecular weight is 147 g/mol.